The van der Waals surface area contributed by atoms with E-state index in [0.717, 1.165) is 24.8 Å². The summed E-state index contributed by atoms with van der Waals surface area (Å²) in [5.41, 5.74) is 0.979. The molecule has 1 amide bonds. The van der Waals surface area contributed by atoms with Gasteiger partial charge in [-0.05, 0) is 42.7 Å². The summed E-state index contributed by atoms with van der Waals surface area (Å²) in [6, 6.07) is 6.77. The van der Waals surface area contributed by atoms with Crippen molar-refractivity contribution in [1.29, 1.82) is 0 Å². The van der Waals surface area contributed by atoms with Crippen LogP contribution in [0.1, 0.15) is 30.7 Å². The summed E-state index contributed by atoms with van der Waals surface area (Å²) >= 11 is 6.12. The fourth-order valence-electron chi connectivity index (χ4n) is 2.68. The van der Waals surface area contributed by atoms with Gasteiger partial charge in [0.25, 0.3) is 0 Å². The zero-order valence-corrected chi connectivity index (χ0v) is 11.6. The van der Waals surface area contributed by atoms with Gasteiger partial charge in [0.15, 0.2) is 0 Å². The van der Waals surface area contributed by atoms with Crippen LogP contribution in [-0.2, 0) is 9.59 Å². The molecular formula is C15H16ClNO3. The van der Waals surface area contributed by atoms with Crippen molar-refractivity contribution in [3.05, 3.63) is 34.9 Å². The third kappa shape index (κ3) is 2.66. The summed E-state index contributed by atoms with van der Waals surface area (Å²) in [6.07, 6.45) is 2.51. The van der Waals surface area contributed by atoms with Crippen molar-refractivity contribution < 1.29 is 14.7 Å². The Kier molecular flexibility index (Phi) is 3.42. The number of carboxylic acid groups (broad SMARTS) is 1. The molecular weight excluding hydrogens is 278 g/mol. The highest BCUT2D eigenvalue weighted by Gasteiger charge is 2.47. The number of benzene rings is 1. The predicted octanol–water partition coefficient (Wildman–Crippen LogP) is 2.42. The molecule has 2 fully saturated rings. The number of carboxylic acids is 1. The van der Waals surface area contributed by atoms with E-state index in [0.29, 0.717) is 5.02 Å². The highest BCUT2D eigenvalue weighted by Crippen LogP contribution is 2.49. The largest absolute Gasteiger partial charge is 0.480 e. The molecule has 0 bridgehead atoms. The fourth-order valence-corrected chi connectivity index (χ4v) is 2.95. The molecule has 0 aromatic heterocycles. The lowest BCUT2D eigenvalue weighted by molar-refractivity contribution is -0.142. The van der Waals surface area contributed by atoms with E-state index in [-0.39, 0.29) is 23.7 Å². The highest BCUT2D eigenvalue weighted by atomic mass is 35.5. The monoisotopic (exact) mass is 293 g/mol. The topological polar surface area (TPSA) is 66.4 Å². The molecule has 2 saturated carbocycles. The van der Waals surface area contributed by atoms with Crippen molar-refractivity contribution >= 4 is 23.5 Å². The molecule has 106 valence electrons. The first kappa shape index (κ1) is 13.4. The van der Waals surface area contributed by atoms with Gasteiger partial charge in [-0.3, -0.25) is 4.79 Å². The van der Waals surface area contributed by atoms with Crippen LogP contribution in [0.5, 0.6) is 0 Å². The average molecular weight is 294 g/mol. The Morgan fingerprint density at radius 1 is 1.30 bits per heavy atom. The maximum Gasteiger partial charge on any atom is 0.326 e. The Morgan fingerprint density at radius 3 is 2.60 bits per heavy atom. The van der Waals surface area contributed by atoms with Crippen LogP contribution < -0.4 is 5.32 Å². The molecule has 2 aliphatic rings. The fraction of sp³-hybridized carbons (Fsp3) is 0.467. The quantitative estimate of drug-likeness (QED) is 0.876. The molecule has 0 aliphatic heterocycles. The van der Waals surface area contributed by atoms with E-state index in [1.807, 2.05) is 24.3 Å². The molecule has 1 aromatic rings. The van der Waals surface area contributed by atoms with E-state index < -0.39 is 12.0 Å². The molecule has 3 rings (SSSR count). The number of carbonyl (C=O) groups is 2. The van der Waals surface area contributed by atoms with Gasteiger partial charge in [-0.25, -0.2) is 4.79 Å². The van der Waals surface area contributed by atoms with Crippen molar-refractivity contribution in [2.75, 3.05) is 0 Å². The lowest BCUT2D eigenvalue weighted by Gasteiger charge is -2.13. The third-order valence-corrected chi connectivity index (χ3v) is 4.43. The Balaban J connectivity index is 1.63. The van der Waals surface area contributed by atoms with Crippen molar-refractivity contribution in [1.82, 2.24) is 5.32 Å². The van der Waals surface area contributed by atoms with Crippen LogP contribution in [0.15, 0.2) is 24.3 Å². The van der Waals surface area contributed by atoms with Gasteiger partial charge in [0.1, 0.15) is 6.04 Å². The number of hydrogen-bond acceptors (Lipinski definition) is 2. The molecule has 3 atom stereocenters. The summed E-state index contributed by atoms with van der Waals surface area (Å²) in [4.78, 5) is 23.3. The molecule has 5 heteroatoms. The van der Waals surface area contributed by atoms with Gasteiger partial charge in [-0.15, -0.1) is 0 Å². The maximum absolute atomic E-state index is 12.1. The van der Waals surface area contributed by atoms with Crippen molar-refractivity contribution in [3.63, 3.8) is 0 Å². The van der Waals surface area contributed by atoms with Crippen LogP contribution in [0.2, 0.25) is 5.02 Å². The maximum atomic E-state index is 12.1. The molecule has 0 heterocycles. The second kappa shape index (κ2) is 5.09. The Morgan fingerprint density at radius 2 is 2.00 bits per heavy atom. The van der Waals surface area contributed by atoms with Gasteiger partial charge in [0.2, 0.25) is 5.91 Å². The second-order valence-corrected chi connectivity index (χ2v) is 6.04. The normalized spacial score (nSPS) is 25.9. The Labute approximate surface area is 122 Å². The SMILES string of the molecule is O=C(NC(C(=O)O)C1CC1)C1CC1c1ccccc1Cl. The lowest BCUT2D eigenvalue weighted by Crippen LogP contribution is -2.43. The summed E-state index contributed by atoms with van der Waals surface area (Å²) in [7, 11) is 0. The van der Waals surface area contributed by atoms with Crippen LogP contribution in [0.3, 0.4) is 0 Å². The zero-order valence-electron chi connectivity index (χ0n) is 10.9. The Bertz CT molecular complexity index is 556. The number of aliphatic carboxylic acids is 1. The van der Waals surface area contributed by atoms with Gasteiger partial charge in [0.05, 0.1) is 0 Å². The summed E-state index contributed by atoms with van der Waals surface area (Å²) in [5.74, 6) is -1.01. The molecule has 0 spiro atoms. The van der Waals surface area contributed by atoms with Crippen LogP contribution in [-0.4, -0.2) is 23.0 Å². The third-order valence-electron chi connectivity index (χ3n) is 4.09. The van der Waals surface area contributed by atoms with E-state index in [1.54, 1.807) is 0 Å². The van der Waals surface area contributed by atoms with Crippen LogP contribution >= 0.6 is 11.6 Å². The van der Waals surface area contributed by atoms with Crippen molar-refractivity contribution in [3.8, 4) is 0 Å². The first-order valence-corrected chi connectivity index (χ1v) is 7.23. The zero-order chi connectivity index (χ0) is 14.3. The molecule has 2 N–H and O–H groups in total. The number of carbonyl (C=O) groups excluding carboxylic acids is 1. The number of amides is 1. The molecule has 20 heavy (non-hydrogen) atoms. The minimum Gasteiger partial charge on any atom is -0.480 e. The number of halogens is 1. The first-order chi connectivity index (χ1) is 9.58. The van der Waals surface area contributed by atoms with Crippen LogP contribution in [0.25, 0.3) is 0 Å². The van der Waals surface area contributed by atoms with Crippen molar-refractivity contribution in [2.45, 2.75) is 31.2 Å². The number of hydrogen-bond donors (Lipinski definition) is 2. The lowest BCUT2D eigenvalue weighted by atomic mass is 10.1. The van der Waals surface area contributed by atoms with E-state index >= 15 is 0 Å². The minimum atomic E-state index is -0.934. The molecule has 4 nitrogen and oxygen atoms in total. The molecule has 3 unspecified atom stereocenters. The second-order valence-electron chi connectivity index (χ2n) is 5.63. The molecule has 0 radical (unpaired) electrons. The summed E-state index contributed by atoms with van der Waals surface area (Å²) in [5, 5.41) is 12.5. The molecule has 0 saturated heterocycles. The molecule has 1 aromatic carbocycles. The van der Waals surface area contributed by atoms with Crippen LogP contribution in [0, 0.1) is 11.8 Å². The van der Waals surface area contributed by atoms with Crippen LogP contribution in [0.4, 0.5) is 0 Å². The summed E-state index contributed by atoms with van der Waals surface area (Å²) < 4.78 is 0. The highest BCUT2D eigenvalue weighted by molar-refractivity contribution is 6.31. The van der Waals surface area contributed by atoms with Crippen molar-refractivity contribution in [2.24, 2.45) is 11.8 Å². The molecule has 2 aliphatic carbocycles. The van der Waals surface area contributed by atoms with E-state index in [2.05, 4.69) is 5.32 Å². The minimum absolute atomic E-state index is 0.106. The van der Waals surface area contributed by atoms with Gasteiger partial charge < -0.3 is 10.4 Å². The summed E-state index contributed by atoms with van der Waals surface area (Å²) in [6.45, 7) is 0. The van der Waals surface area contributed by atoms with Gasteiger partial charge in [0, 0.05) is 10.9 Å². The number of rotatable bonds is 5. The first-order valence-electron chi connectivity index (χ1n) is 6.85. The van der Waals surface area contributed by atoms with E-state index in [9.17, 15) is 9.59 Å². The smallest absolute Gasteiger partial charge is 0.326 e. The average Bonchev–Trinajstić information content (AvgIpc) is 3.27. The predicted molar refractivity (Wildman–Crippen MR) is 74.6 cm³/mol. The van der Waals surface area contributed by atoms with Gasteiger partial charge in [-0.2, -0.15) is 0 Å². The van der Waals surface area contributed by atoms with Gasteiger partial charge in [-0.1, -0.05) is 29.8 Å². The van der Waals surface area contributed by atoms with E-state index in [1.165, 1.54) is 0 Å². The Hall–Kier alpha value is -1.55. The van der Waals surface area contributed by atoms with Gasteiger partial charge >= 0.3 is 5.97 Å². The number of nitrogens with one attached hydrogen (secondary N) is 1. The standard InChI is InChI=1S/C15H16ClNO3/c16-12-4-2-1-3-9(12)10-7-11(10)14(18)17-13(15(19)20)8-5-6-8/h1-4,8,10-11,13H,5-7H2,(H,17,18)(H,19,20). The van der Waals surface area contributed by atoms with E-state index in [4.69, 9.17) is 16.7 Å².